The number of rotatable bonds is 8. The van der Waals surface area contributed by atoms with E-state index in [0.29, 0.717) is 51.5 Å². The second kappa shape index (κ2) is 10.1. The van der Waals surface area contributed by atoms with Crippen molar-refractivity contribution >= 4 is 11.8 Å². The summed E-state index contributed by atoms with van der Waals surface area (Å²) in [4.78, 5) is 40.0. The molecule has 8 nitrogen and oxygen atoms in total. The van der Waals surface area contributed by atoms with E-state index in [1.54, 1.807) is 4.90 Å². The Hall–Kier alpha value is -2.22. The smallest absolute Gasteiger partial charge is 0.274 e. The van der Waals surface area contributed by atoms with E-state index in [-0.39, 0.29) is 17.4 Å². The highest BCUT2D eigenvalue weighted by Gasteiger charge is 2.24. The molecule has 26 heavy (non-hydrogen) atoms. The summed E-state index contributed by atoms with van der Waals surface area (Å²) >= 11 is 0. The fourth-order valence-electron chi connectivity index (χ4n) is 2.87. The van der Waals surface area contributed by atoms with Crippen molar-refractivity contribution < 1.29 is 9.59 Å². The zero-order valence-electron chi connectivity index (χ0n) is 15.7. The molecule has 1 N–H and O–H groups in total. The summed E-state index contributed by atoms with van der Waals surface area (Å²) in [5, 5.41) is 7.09. The number of piperazine rings is 1. The molecule has 1 saturated heterocycles. The lowest BCUT2D eigenvalue weighted by molar-refractivity contribution is -0.122. The van der Waals surface area contributed by atoms with Gasteiger partial charge in [0.25, 0.3) is 11.5 Å². The molecule has 0 atom stereocenters. The monoisotopic (exact) mass is 363 g/mol. The quantitative estimate of drug-likeness (QED) is 0.673. The van der Waals surface area contributed by atoms with E-state index in [1.165, 1.54) is 16.8 Å². The van der Waals surface area contributed by atoms with Crippen LogP contribution < -0.4 is 10.9 Å². The molecular formula is C18H29N5O3. The first-order chi connectivity index (χ1) is 12.5. The topological polar surface area (TPSA) is 87.5 Å². The summed E-state index contributed by atoms with van der Waals surface area (Å²) < 4.78 is 1.34. The average molecular weight is 363 g/mol. The van der Waals surface area contributed by atoms with E-state index in [4.69, 9.17) is 0 Å². The zero-order chi connectivity index (χ0) is 18.9. The summed E-state index contributed by atoms with van der Waals surface area (Å²) in [5.41, 5.74) is 0.103. The Morgan fingerprint density at radius 1 is 1.12 bits per heavy atom. The number of nitrogens with one attached hydrogen (secondary N) is 1. The van der Waals surface area contributed by atoms with E-state index in [0.717, 1.165) is 19.3 Å². The maximum Gasteiger partial charge on any atom is 0.274 e. The summed E-state index contributed by atoms with van der Waals surface area (Å²) in [6.07, 6.45) is 2.82. The SMILES string of the molecule is CCCCNC(=O)CN1CCN(C(=O)c2ccc(=O)n(CCC)n2)CC1. The van der Waals surface area contributed by atoms with Gasteiger partial charge in [0.05, 0.1) is 6.54 Å². The van der Waals surface area contributed by atoms with Crippen LogP contribution in [0.25, 0.3) is 0 Å². The minimum absolute atomic E-state index is 0.0338. The number of carbonyl (C=O) groups is 2. The number of unbranched alkanes of at least 4 members (excludes halogenated alkanes) is 1. The molecule has 2 amide bonds. The number of aryl methyl sites for hydroxylation is 1. The van der Waals surface area contributed by atoms with Crippen molar-refractivity contribution in [2.75, 3.05) is 39.3 Å². The molecule has 0 bridgehead atoms. The number of hydrogen-bond donors (Lipinski definition) is 1. The van der Waals surface area contributed by atoms with Gasteiger partial charge in [-0.15, -0.1) is 0 Å². The first-order valence-electron chi connectivity index (χ1n) is 9.41. The summed E-state index contributed by atoms with van der Waals surface area (Å²) in [5.74, 6) is -0.131. The molecule has 144 valence electrons. The van der Waals surface area contributed by atoms with Crippen LogP contribution in [0.5, 0.6) is 0 Å². The van der Waals surface area contributed by atoms with Crippen LogP contribution >= 0.6 is 0 Å². The van der Waals surface area contributed by atoms with Crippen molar-refractivity contribution in [2.24, 2.45) is 0 Å². The number of amides is 2. The van der Waals surface area contributed by atoms with Crippen molar-refractivity contribution in [2.45, 2.75) is 39.7 Å². The standard InChI is InChI=1S/C18H29N5O3/c1-3-5-8-19-16(24)14-21-10-12-22(13-11-21)18(26)15-6-7-17(25)23(20-15)9-4-2/h6-7H,3-5,8-14H2,1-2H3,(H,19,24). The summed E-state index contributed by atoms with van der Waals surface area (Å²) in [6.45, 7) is 8.04. The third-order valence-corrected chi connectivity index (χ3v) is 4.40. The predicted molar refractivity (Wildman–Crippen MR) is 99.0 cm³/mol. The minimum Gasteiger partial charge on any atom is -0.355 e. The second-order valence-electron chi connectivity index (χ2n) is 6.55. The lowest BCUT2D eigenvalue weighted by atomic mass is 10.2. The maximum atomic E-state index is 12.6. The Morgan fingerprint density at radius 3 is 2.50 bits per heavy atom. The molecule has 2 rings (SSSR count). The Balaban J connectivity index is 1.85. The highest BCUT2D eigenvalue weighted by atomic mass is 16.2. The van der Waals surface area contributed by atoms with Gasteiger partial charge in [0.2, 0.25) is 5.91 Å². The van der Waals surface area contributed by atoms with Crippen LogP contribution in [0.3, 0.4) is 0 Å². The number of hydrogen-bond acceptors (Lipinski definition) is 5. The maximum absolute atomic E-state index is 12.6. The molecule has 1 aliphatic heterocycles. The number of carbonyl (C=O) groups excluding carboxylic acids is 2. The average Bonchev–Trinajstić information content (AvgIpc) is 2.64. The molecule has 8 heteroatoms. The van der Waals surface area contributed by atoms with E-state index < -0.39 is 0 Å². The van der Waals surface area contributed by atoms with Gasteiger partial charge in [0, 0.05) is 45.3 Å². The van der Waals surface area contributed by atoms with Gasteiger partial charge in [0.1, 0.15) is 5.69 Å². The van der Waals surface area contributed by atoms with Gasteiger partial charge in [-0.3, -0.25) is 19.3 Å². The third-order valence-electron chi connectivity index (χ3n) is 4.40. The van der Waals surface area contributed by atoms with Crippen LogP contribution in [0.2, 0.25) is 0 Å². The highest BCUT2D eigenvalue weighted by molar-refractivity contribution is 5.92. The number of nitrogens with zero attached hydrogens (tertiary/aromatic N) is 4. The highest BCUT2D eigenvalue weighted by Crippen LogP contribution is 2.06. The normalized spacial score (nSPS) is 15.1. The third kappa shape index (κ3) is 5.66. The van der Waals surface area contributed by atoms with Gasteiger partial charge >= 0.3 is 0 Å². The Morgan fingerprint density at radius 2 is 1.85 bits per heavy atom. The van der Waals surface area contributed by atoms with Gasteiger partial charge in [-0.1, -0.05) is 20.3 Å². The Labute approximate surface area is 154 Å². The van der Waals surface area contributed by atoms with Crippen molar-refractivity contribution in [1.29, 1.82) is 0 Å². The van der Waals surface area contributed by atoms with Gasteiger partial charge in [-0.2, -0.15) is 5.10 Å². The molecule has 0 radical (unpaired) electrons. The minimum atomic E-state index is -0.192. The van der Waals surface area contributed by atoms with Gasteiger partial charge in [-0.25, -0.2) is 4.68 Å². The summed E-state index contributed by atoms with van der Waals surface area (Å²) in [6, 6.07) is 2.89. The first-order valence-corrected chi connectivity index (χ1v) is 9.41. The van der Waals surface area contributed by atoms with Gasteiger partial charge < -0.3 is 10.2 Å². The molecule has 1 aliphatic rings. The van der Waals surface area contributed by atoms with Gasteiger partial charge in [-0.05, 0) is 18.9 Å². The van der Waals surface area contributed by atoms with Crippen LogP contribution in [0, 0.1) is 0 Å². The van der Waals surface area contributed by atoms with E-state index in [1.807, 2.05) is 6.92 Å². The van der Waals surface area contributed by atoms with Crippen molar-refractivity contribution in [3.05, 3.63) is 28.2 Å². The predicted octanol–water partition coefficient (Wildman–Crippen LogP) is 0.327. The molecule has 0 spiro atoms. The Bertz CT molecular complexity index is 665. The zero-order valence-corrected chi connectivity index (χ0v) is 15.7. The van der Waals surface area contributed by atoms with Crippen LogP contribution in [0.1, 0.15) is 43.6 Å². The van der Waals surface area contributed by atoms with Gasteiger partial charge in [0.15, 0.2) is 0 Å². The van der Waals surface area contributed by atoms with E-state index in [9.17, 15) is 14.4 Å². The largest absolute Gasteiger partial charge is 0.355 e. The fraction of sp³-hybridized carbons (Fsp3) is 0.667. The Kier molecular flexibility index (Phi) is 7.77. The van der Waals surface area contributed by atoms with E-state index >= 15 is 0 Å². The second-order valence-corrected chi connectivity index (χ2v) is 6.55. The molecule has 1 aromatic heterocycles. The number of aromatic nitrogens is 2. The molecule has 1 fully saturated rings. The van der Waals surface area contributed by atoms with Crippen LogP contribution in [0.15, 0.2) is 16.9 Å². The molecule has 1 aromatic rings. The van der Waals surface area contributed by atoms with Crippen LogP contribution in [0.4, 0.5) is 0 Å². The van der Waals surface area contributed by atoms with E-state index in [2.05, 4.69) is 22.2 Å². The van der Waals surface area contributed by atoms with Crippen LogP contribution in [-0.2, 0) is 11.3 Å². The molecule has 0 unspecified atom stereocenters. The lowest BCUT2D eigenvalue weighted by Crippen LogP contribution is -2.51. The molecular weight excluding hydrogens is 334 g/mol. The lowest BCUT2D eigenvalue weighted by Gasteiger charge is -2.34. The van der Waals surface area contributed by atoms with Crippen molar-refractivity contribution in [3.8, 4) is 0 Å². The van der Waals surface area contributed by atoms with Crippen molar-refractivity contribution in [1.82, 2.24) is 24.9 Å². The fourth-order valence-corrected chi connectivity index (χ4v) is 2.87. The molecule has 0 aromatic carbocycles. The van der Waals surface area contributed by atoms with Crippen molar-refractivity contribution in [3.63, 3.8) is 0 Å². The molecule has 0 aliphatic carbocycles. The molecule has 0 saturated carbocycles. The molecule has 2 heterocycles. The van der Waals surface area contributed by atoms with Crippen LogP contribution in [-0.4, -0.2) is 70.7 Å². The summed E-state index contributed by atoms with van der Waals surface area (Å²) in [7, 11) is 0. The first kappa shape index (κ1) is 20.1.